The van der Waals surface area contributed by atoms with Crippen molar-refractivity contribution in [2.75, 3.05) is 29.6 Å². The Labute approximate surface area is 217 Å². The number of rotatable bonds is 7. The maximum Gasteiger partial charge on any atom is 0.471 e. The topological polar surface area (TPSA) is 79.3 Å². The molecule has 0 fully saturated rings. The lowest BCUT2D eigenvalue weighted by atomic mass is 9.97. The second-order valence-electron chi connectivity index (χ2n) is 9.10. The van der Waals surface area contributed by atoms with E-state index in [1.165, 1.54) is 18.2 Å². The molecule has 198 valence electrons. The molecule has 7 nitrogen and oxygen atoms in total. The second kappa shape index (κ2) is 9.92. The molecular weight excluding hydrogens is 501 g/mol. The maximum absolute atomic E-state index is 13.8. The Kier molecular flexibility index (Phi) is 6.64. The van der Waals surface area contributed by atoms with Crippen LogP contribution in [0.25, 0.3) is 0 Å². The Hall–Kier alpha value is -4.21. The van der Waals surface area contributed by atoms with Crippen LogP contribution >= 0.6 is 0 Å². The largest absolute Gasteiger partial charge is 0.493 e. The summed E-state index contributed by atoms with van der Waals surface area (Å²) in [5.41, 5.74) is 2.61. The normalized spacial score (nSPS) is 17.7. The monoisotopic (exact) mass is 526 g/mol. The first-order valence-electron chi connectivity index (χ1n) is 12.2. The van der Waals surface area contributed by atoms with Crippen LogP contribution in [0, 0.1) is 0 Å². The molecule has 0 bridgehead atoms. The van der Waals surface area contributed by atoms with Crippen LogP contribution < -0.4 is 19.3 Å². The summed E-state index contributed by atoms with van der Waals surface area (Å²) in [6.07, 6.45) is -5.30. The average molecular weight is 527 g/mol. The van der Waals surface area contributed by atoms with E-state index in [0.29, 0.717) is 34.0 Å². The van der Waals surface area contributed by atoms with Crippen LogP contribution in [-0.2, 0) is 9.59 Å². The summed E-state index contributed by atoms with van der Waals surface area (Å²) in [5, 5.41) is 9.14. The van der Waals surface area contributed by atoms with Crippen molar-refractivity contribution in [3.63, 3.8) is 0 Å². The number of hydrogen-bond acceptors (Lipinski definition) is 5. The van der Waals surface area contributed by atoms with Crippen molar-refractivity contribution in [1.29, 1.82) is 0 Å². The Morgan fingerprint density at radius 2 is 1.71 bits per heavy atom. The quantitative estimate of drug-likeness (QED) is 0.418. The van der Waals surface area contributed by atoms with Gasteiger partial charge < -0.3 is 19.5 Å². The van der Waals surface area contributed by atoms with Gasteiger partial charge in [0.25, 0.3) is 0 Å². The number of amides is 1. The predicted molar refractivity (Wildman–Crippen MR) is 134 cm³/mol. The molecular formula is C28H25F3N2O5. The van der Waals surface area contributed by atoms with Crippen molar-refractivity contribution in [3.8, 4) is 11.5 Å². The highest BCUT2D eigenvalue weighted by Gasteiger charge is 2.48. The number of carbonyl (C=O) groups is 2. The third-order valence-corrected chi connectivity index (χ3v) is 6.79. The van der Waals surface area contributed by atoms with Gasteiger partial charge in [-0.15, -0.1) is 0 Å². The number of halogens is 3. The van der Waals surface area contributed by atoms with Crippen LogP contribution in [0.15, 0.2) is 66.7 Å². The summed E-state index contributed by atoms with van der Waals surface area (Å²) in [6.45, 7) is 2.48. The highest BCUT2D eigenvalue weighted by Crippen LogP contribution is 2.47. The number of alkyl halides is 3. The molecule has 3 aromatic carbocycles. The molecule has 2 atom stereocenters. The van der Waals surface area contributed by atoms with Gasteiger partial charge in [-0.05, 0) is 31.2 Å². The van der Waals surface area contributed by atoms with Crippen LogP contribution in [-0.4, -0.2) is 42.9 Å². The number of ether oxygens (including phenoxy) is 2. The zero-order valence-electron chi connectivity index (χ0n) is 20.4. The average Bonchev–Trinajstić information content (AvgIpc) is 3.49. The minimum absolute atomic E-state index is 0.00990. The zero-order valence-corrected chi connectivity index (χ0v) is 20.4. The number of benzene rings is 3. The summed E-state index contributed by atoms with van der Waals surface area (Å²) in [7, 11) is 0. The van der Waals surface area contributed by atoms with E-state index in [4.69, 9.17) is 14.6 Å². The van der Waals surface area contributed by atoms with Crippen molar-refractivity contribution in [2.45, 2.75) is 31.5 Å². The molecule has 2 heterocycles. The molecule has 0 aromatic heterocycles. The third-order valence-electron chi connectivity index (χ3n) is 6.79. The number of nitrogens with zero attached hydrogens (tertiary/aromatic N) is 2. The summed E-state index contributed by atoms with van der Waals surface area (Å²) in [4.78, 5) is 26.6. The number of aliphatic carboxylic acids is 1. The van der Waals surface area contributed by atoms with Crippen molar-refractivity contribution in [1.82, 2.24) is 0 Å². The van der Waals surface area contributed by atoms with Gasteiger partial charge in [0, 0.05) is 41.0 Å². The number of fused-ring (bicyclic) bond motifs is 2. The number of hydrogen-bond donors (Lipinski definition) is 1. The lowest BCUT2D eigenvalue weighted by Crippen LogP contribution is -2.44. The van der Waals surface area contributed by atoms with E-state index < -0.39 is 30.0 Å². The molecule has 2 aliphatic heterocycles. The number of anilines is 3. The number of carboxylic acids is 1. The smallest absolute Gasteiger partial charge is 0.471 e. The van der Waals surface area contributed by atoms with Crippen molar-refractivity contribution in [2.24, 2.45) is 0 Å². The summed E-state index contributed by atoms with van der Waals surface area (Å²) in [6, 6.07) is 18.0. The molecule has 1 amide bonds. The molecule has 5 rings (SSSR count). The zero-order chi connectivity index (χ0) is 27.0. The Balaban J connectivity index is 1.55. The molecule has 10 heteroatoms. The molecule has 0 unspecified atom stereocenters. The minimum Gasteiger partial charge on any atom is -0.493 e. The molecule has 0 aliphatic carbocycles. The van der Waals surface area contributed by atoms with Crippen molar-refractivity contribution >= 4 is 28.9 Å². The fourth-order valence-corrected chi connectivity index (χ4v) is 5.11. The minimum atomic E-state index is -5.13. The molecule has 0 saturated heterocycles. The molecule has 2 aliphatic rings. The first-order valence-corrected chi connectivity index (χ1v) is 12.2. The van der Waals surface area contributed by atoms with Gasteiger partial charge in [0.1, 0.15) is 18.1 Å². The Morgan fingerprint density at radius 1 is 0.947 bits per heavy atom. The van der Waals surface area contributed by atoms with Crippen molar-refractivity contribution in [3.05, 3.63) is 77.9 Å². The second-order valence-corrected chi connectivity index (χ2v) is 9.10. The van der Waals surface area contributed by atoms with Gasteiger partial charge in [-0.2, -0.15) is 13.2 Å². The fraction of sp³-hybridized carbons (Fsp3) is 0.286. The van der Waals surface area contributed by atoms with Gasteiger partial charge in [0.2, 0.25) is 0 Å². The van der Waals surface area contributed by atoms with E-state index in [-0.39, 0.29) is 31.1 Å². The molecule has 0 radical (unpaired) electrons. The van der Waals surface area contributed by atoms with Crippen LogP contribution in [0.4, 0.5) is 30.2 Å². The molecule has 3 aromatic rings. The summed E-state index contributed by atoms with van der Waals surface area (Å²) < 4.78 is 53.1. The highest BCUT2D eigenvalue weighted by atomic mass is 19.4. The standard InChI is InChI=1S/C28H25F3N2O5/c1-2-32(18-7-4-3-5-8-18)22-10-6-9-21-23(16-38-26(21)22)33(27(36)28(29,30)31)19-11-12-20-17(13-25(34)35)15-37-24(20)14-19/h3-12,14,17,23H,2,13,15-16H2,1H3,(H,34,35)/t17-,23-/m1/s1. The lowest BCUT2D eigenvalue weighted by molar-refractivity contribution is -0.171. The number of para-hydroxylation sites is 2. The first-order chi connectivity index (χ1) is 18.2. The SMILES string of the molecule is CCN(c1ccccc1)c1cccc2c1OC[C@H]2N(C(=O)C(F)(F)F)c1ccc2c(c1)OC[C@H]2CC(=O)O. The highest BCUT2D eigenvalue weighted by molar-refractivity contribution is 5.98. The first kappa shape index (κ1) is 25.4. The van der Waals surface area contributed by atoms with Gasteiger partial charge in [-0.25, -0.2) is 0 Å². The summed E-state index contributed by atoms with van der Waals surface area (Å²) in [5.74, 6) is -2.76. The van der Waals surface area contributed by atoms with Gasteiger partial charge in [-0.3, -0.25) is 14.5 Å². The lowest BCUT2D eigenvalue weighted by Gasteiger charge is -2.30. The molecule has 0 saturated carbocycles. The third kappa shape index (κ3) is 4.62. The van der Waals surface area contributed by atoms with Crippen molar-refractivity contribution < 1.29 is 37.3 Å². The van der Waals surface area contributed by atoms with Gasteiger partial charge in [-0.1, -0.05) is 36.4 Å². The fourth-order valence-electron chi connectivity index (χ4n) is 5.11. The van der Waals surface area contributed by atoms with E-state index in [2.05, 4.69) is 0 Å². The maximum atomic E-state index is 13.8. The Bertz CT molecular complexity index is 1360. The van der Waals surface area contributed by atoms with Crippen LogP contribution in [0.3, 0.4) is 0 Å². The van der Waals surface area contributed by atoms with E-state index in [1.807, 2.05) is 48.2 Å². The van der Waals surface area contributed by atoms with Crippen LogP contribution in [0.1, 0.15) is 36.4 Å². The molecule has 38 heavy (non-hydrogen) atoms. The van der Waals surface area contributed by atoms with Gasteiger partial charge >= 0.3 is 18.1 Å². The van der Waals surface area contributed by atoms with Crippen LogP contribution in [0.5, 0.6) is 11.5 Å². The van der Waals surface area contributed by atoms with E-state index in [0.717, 1.165) is 5.69 Å². The molecule has 1 N–H and O–H groups in total. The van der Waals surface area contributed by atoms with Crippen LogP contribution in [0.2, 0.25) is 0 Å². The number of carbonyl (C=O) groups excluding carboxylic acids is 1. The van der Waals surface area contributed by atoms with Gasteiger partial charge in [0.05, 0.1) is 24.8 Å². The number of carboxylic acid groups (broad SMARTS) is 1. The van der Waals surface area contributed by atoms with E-state index in [1.54, 1.807) is 12.1 Å². The van der Waals surface area contributed by atoms with E-state index in [9.17, 15) is 22.8 Å². The summed E-state index contributed by atoms with van der Waals surface area (Å²) >= 11 is 0. The predicted octanol–water partition coefficient (Wildman–Crippen LogP) is 5.82. The Morgan fingerprint density at radius 3 is 2.39 bits per heavy atom. The van der Waals surface area contributed by atoms with E-state index >= 15 is 0 Å². The van der Waals surface area contributed by atoms with Gasteiger partial charge in [0.15, 0.2) is 0 Å². The molecule has 0 spiro atoms.